The number of hydrogen-bond donors (Lipinski definition) is 2. The van der Waals surface area contributed by atoms with E-state index in [-0.39, 0.29) is 23.9 Å². The van der Waals surface area contributed by atoms with Gasteiger partial charge >= 0.3 is 0 Å². The molecule has 0 saturated carbocycles. The fourth-order valence-electron chi connectivity index (χ4n) is 1.59. The van der Waals surface area contributed by atoms with Crippen LogP contribution >= 0.6 is 35.5 Å². The van der Waals surface area contributed by atoms with Crippen LogP contribution in [0.5, 0.6) is 0 Å². The zero-order valence-electron chi connectivity index (χ0n) is 11.3. The Bertz CT molecular complexity index is 643. The molecule has 0 saturated heterocycles. The van der Waals surface area contributed by atoms with Crippen molar-refractivity contribution in [3.8, 4) is 0 Å². The van der Waals surface area contributed by atoms with Crippen molar-refractivity contribution < 1.29 is 4.79 Å². The van der Waals surface area contributed by atoms with E-state index in [0.717, 1.165) is 6.42 Å². The van der Waals surface area contributed by atoms with Gasteiger partial charge in [0.1, 0.15) is 0 Å². The number of rotatable bonds is 7. The molecule has 0 bridgehead atoms. The van der Waals surface area contributed by atoms with E-state index in [4.69, 9.17) is 5.73 Å². The van der Waals surface area contributed by atoms with Crippen molar-refractivity contribution in [1.29, 1.82) is 0 Å². The van der Waals surface area contributed by atoms with Crippen LogP contribution in [-0.4, -0.2) is 34.1 Å². The predicted octanol–water partition coefficient (Wildman–Crippen LogP) is 0.876. The zero-order chi connectivity index (χ0) is 14.4. The Labute approximate surface area is 136 Å². The Morgan fingerprint density at radius 1 is 1.52 bits per heavy atom. The summed E-state index contributed by atoms with van der Waals surface area (Å²) in [5.41, 5.74) is 5.97. The molecule has 0 aliphatic heterocycles. The van der Waals surface area contributed by atoms with Gasteiger partial charge in [-0.25, -0.2) is 4.98 Å². The Kier molecular flexibility index (Phi) is 7.73. The molecule has 0 aliphatic carbocycles. The maximum atomic E-state index is 11.8. The number of nitrogens with one attached hydrogen (secondary N) is 1. The standard InChI is InChI=1S/C12H16N4O2S2.ClH/c13-2-1-3-14-10(17)8-19-7-9-6-11(18)16-4-5-20-12(16)15-9;/h4-6H,1-3,7-8,13H2,(H,14,17);1H. The molecule has 2 heterocycles. The van der Waals surface area contributed by atoms with Gasteiger partial charge in [-0.3, -0.25) is 14.0 Å². The number of halogens is 1. The third-order valence-corrected chi connectivity index (χ3v) is 4.27. The van der Waals surface area contributed by atoms with Crippen molar-refractivity contribution in [3.05, 3.63) is 33.7 Å². The van der Waals surface area contributed by atoms with Crippen LogP contribution in [0, 0.1) is 0 Å². The Morgan fingerprint density at radius 2 is 2.33 bits per heavy atom. The minimum atomic E-state index is -0.0840. The van der Waals surface area contributed by atoms with Crippen LogP contribution in [0.1, 0.15) is 12.1 Å². The van der Waals surface area contributed by atoms with Gasteiger partial charge in [0.05, 0.1) is 11.4 Å². The third kappa shape index (κ3) is 5.31. The highest BCUT2D eigenvalue weighted by Gasteiger charge is 2.05. The normalized spacial score (nSPS) is 10.3. The molecule has 2 aromatic heterocycles. The lowest BCUT2D eigenvalue weighted by Crippen LogP contribution is -2.27. The van der Waals surface area contributed by atoms with Crippen LogP contribution in [0.25, 0.3) is 4.96 Å². The quantitative estimate of drug-likeness (QED) is 0.725. The summed E-state index contributed by atoms with van der Waals surface area (Å²) in [7, 11) is 0. The Morgan fingerprint density at radius 3 is 3.10 bits per heavy atom. The van der Waals surface area contributed by atoms with Crippen molar-refractivity contribution in [3.63, 3.8) is 0 Å². The molecule has 21 heavy (non-hydrogen) atoms. The summed E-state index contributed by atoms with van der Waals surface area (Å²) >= 11 is 2.86. The second-order valence-corrected chi connectivity index (χ2v) is 5.98. The van der Waals surface area contributed by atoms with E-state index in [1.165, 1.54) is 33.6 Å². The van der Waals surface area contributed by atoms with Crippen molar-refractivity contribution in [1.82, 2.24) is 14.7 Å². The predicted molar refractivity (Wildman–Crippen MR) is 89.4 cm³/mol. The number of thioether (sulfide) groups is 1. The maximum absolute atomic E-state index is 11.8. The van der Waals surface area contributed by atoms with E-state index in [9.17, 15) is 9.59 Å². The molecule has 2 rings (SSSR count). The molecule has 9 heteroatoms. The number of nitrogens with zero attached hydrogens (tertiary/aromatic N) is 2. The molecule has 2 aromatic rings. The van der Waals surface area contributed by atoms with Crippen LogP contribution < -0.4 is 16.6 Å². The van der Waals surface area contributed by atoms with Gasteiger partial charge in [0.15, 0.2) is 4.96 Å². The largest absolute Gasteiger partial charge is 0.355 e. The number of fused-ring (bicyclic) bond motifs is 1. The zero-order valence-corrected chi connectivity index (χ0v) is 13.7. The van der Waals surface area contributed by atoms with E-state index in [1.54, 1.807) is 6.20 Å². The van der Waals surface area contributed by atoms with Crippen LogP contribution in [0.4, 0.5) is 0 Å². The minimum absolute atomic E-state index is 0. The van der Waals surface area contributed by atoms with Gasteiger partial charge < -0.3 is 11.1 Å². The summed E-state index contributed by atoms with van der Waals surface area (Å²) in [6.45, 7) is 1.18. The first kappa shape index (κ1) is 18.0. The molecule has 116 valence electrons. The first-order valence-electron chi connectivity index (χ1n) is 6.21. The van der Waals surface area contributed by atoms with E-state index in [2.05, 4.69) is 10.3 Å². The van der Waals surface area contributed by atoms with Crippen molar-refractivity contribution in [2.24, 2.45) is 5.73 Å². The highest BCUT2D eigenvalue weighted by molar-refractivity contribution is 7.99. The molecule has 0 radical (unpaired) electrons. The topological polar surface area (TPSA) is 89.5 Å². The van der Waals surface area contributed by atoms with Gasteiger partial charge in [-0.15, -0.1) is 35.5 Å². The number of thiazole rings is 1. The fraction of sp³-hybridized carbons (Fsp3) is 0.417. The summed E-state index contributed by atoms with van der Waals surface area (Å²) < 4.78 is 1.51. The highest BCUT2D eigenvalue weighted by Crippen LogP contribution is 2.12. The van der Waals surface area contributed by atoms with E-state index < -0.39 is 0 Å². The number of nitrogens with two attached hydrogens (primary N) is 1. The molecular formula is C12H17ClN4O2S2. The first-order chi connectivity index (χ1) is 9.70. The van der Waals surface area contributed by atoms with Gasteiger partial charge in [-0.2, -0.15) is 0 Å². The lowest BCUT2D eigenvalue weighted by molar-refractivity contribution is -0.118. The maximum Gasteiger partial charge on any atom is 0.258 e. The van der Waals surface area contributed by atoms with Crippen LogP contribution in [0.15, 0.2) is 22.4 Å². The molecule has 1 amide bonds. The lowest BCUT2D eigenvalue weighted by Gasteiger charge is -2.04. The second-order valence-electron chi connectivity index (χ2n) is 4.13. The molecule has 0 spiro atoms. The third-order valence-electron chi connectivity index (χ3n) is 2.54. The van der Waals surface area contributed by atoms with Gasteiger partial charge in [0.2, 0.25) is 5.91 Å². The SMILES string of the molecule is Cl.NCCCNC(=O)CSCc1cc(=O)n2ccsc2n1. The summed E-state index contributed by atoms with van der Waals surface area (Å²) in [5, 5.41) is 4.61. The summed E-state index contributed by atoms with van der Waals surface area (Å²) in [4.78, 5) is 28.3. The van der Waals surface area contributed by atoms with Crippen LogP contribution in [0.2, 0.25) is 0 Å². The smallest absolute Gasteiger partial charge is 0.258 e. The fourth-order valence-corrected chi connectivity index (χ4v) is 3.08. The van der Waals surface area contributed by atoms with Gasteiger partial charge in [-0.1, -0.05) is 0 Å². The molecule has 0 aromatic carbocycles. The number of amides is 1. The minimum Gasteiger partial charge on any atom is -0.355 e. The highest BCUT2D eigenvalue weighted by atomic mass is 35.5. The second kappa shape index (κ2) is 9.04. The molecule has 3 N–H and O–H groups in total. The van der Waals surface area contributed by atoms with Crippen LogP contribution in [-0.2, 0) is 10.5 Å². The van der Waals surface area contributed by atoms with E-state index in [0.29, 0.717) is 35.3 Å². The first-order valence-corrected chi connectivity index (χ1v) is 8.24. The molecular weight excluding hydrogens is 332 g/mol. The van der Waals surface area contributed by atoms with Crippen molar-refractivity contribution >= 4 is 46.4 Å². The summed E-state index contributed by atoms with van der Waals surface area (Å²) in [5.74, 6) is 0.890. The van der Waals surface area contributed by atoms with Gasteiger partial charge in [0.25, 0.3) is 5.56 Å². The summed E-state index contributed by atoms with van der Waals surface area (Å²) in [6, 6.07) is 1.51. The number of aromatic nitrogens is 2. The number of carbonyl (C=O) groups is 1. The molecule has 0 aliphatic rings. The molecule has 0 atom stereocenters. The average Bonchev–Trinajstić information content (AvgIpc) is 2.88. The lowest BCUT2D eigenvalue weighted by atomic mass is 10.4. The van der Waals surface area contributed by atoms with Crippen molar-refractivity contribution in [2.75, 3.05) is 18.8 Å². The van der Waals surface area contributed by atoms with E-state index in [1.807, 2.05) is 5.38 Å². The molecule has 0 fully saturated rings. The van der Waals surface area contributed by atoms with E-state index >= 15 is 0 Å². The van der Waals surface area contributed by atoms with Crippen LogP contribution in [0.3, 0.4) is 0 Å². The van der Waals surface area contributed by atoms with Gasteiger partial charge in [0, 0.05) is 29.9 Å². The summed E-state index contributed by atoms with van der Waals surface area (Å²) in [6.07, 6.45) is 2.49. The number of hydrogen-bond acceptors (Lipinski definition) is 6. The average molecular weight is 349 g/mol. The molecule has 0 unspecified atom stereocenters. The number of carbonyl (C=O) groups excluding carboxylic acids is 1. The Hall–Kier alpha value is -1.09. The molecule has 6 nitrogen and oxygen atoms in total. The van der Waals surface area contributed by atoms with Crippen molar-refractivity contribution in [2.45, 2.75) is 12.2 Å². The van der Waals surface area contributed by atoms with Gasteiger partial charge in [-0.05, 0) is 13.0 Å². The monoisotopic (exact) mass is 348 g/mol. The Balaban J connectivity index is 0.00000220.